The van der Waals surface area contributed by atoms with Crippen LogP contribution < -0.4 is 16.2 Å². The lowest BCUT2D eigenvalue weighted by Crippen LogP contribution is -2.05. The van der Waals surface area contributed by atoms with E-state index >= 15 is 0 Å². The molecule has 1 rings (SSSR count). The third-order valence-corrected chi connectivity index (χ3v) is 2.02. The van der Waals surface area contributed by atoms with Gasteiger partial charge in [-0.05, 0) is 12.1 Å². The molecule has 0 saturated heterocycles. The summed E-state index contributed by atoms with van der Waals surface area (Å²) in [5.74, 6) is -0.398. The molecule has 0 aliphatic rings. The van der Waals surface area contributed by atoms with Crippen molar-refractivity contribution in [2.75, 3.05) is 12.8 Å². The third-order valence-electron chi connectivity index (χ3n) is 2.02. The maximum atomic E-state index is 10.7. The van der Waals surface area contributed by atoms with Gasteiger partial charge in [-0.3, -0.25) is 14.9 Å². The van der Waals surface area contributed by atoms with Gasteiger partial charge in [-0.25, -0.2) is 0 Å². The molecule has 0 heterocycles. The van der Waals surface area contributed by atoms with Crippen LogP contribution in [0.5, 0.6) is 5.75 Å². The highest BCUT2D eigenvalue weighted by molar-refractivity contribution is 5.92. The first kappa shape index (κ1) is 12.5. The Morgan fingerprint density at radius 2 is 2.18 bits per heavy atom. The Kier molecular flexibility index (Phi) is 3.66. The molecule has 0 unspecified atom stereocenters. The van der Waals surface area contributed by atoms with Crippen molar-refractivity contribution >= 4 is 23.4 Å². The predicted molar refractivity (Wildman–Crippen MR) is 62.3 cm³/mol. The summed E-state index contributed by atoms with van der Waals surface area (Å²) in [6.45, 7) is 0. The minimum atomic E-state index is -0.671. The van der Waals surface area contributed by atoms with Crippen LogP contribution in [-0.2, 0) is 4.79 Å². The highest BCUT2D eigenvalue weighted by Crippen LogP contribution is 2.31. The first-order valence-corrected chi connectivity index (χ1v) is 4.55. The van der Waals surface area contributed by atoms with Crippen molar-refractivity contribution in [2.24, 2.45) is 5.73 Å². The fourth-order valence-electron chi connectivity index (χ4n) is 1.21. The van der Waals surface area contributed by atoms with E-state index in [1.54, 1.807) is 0 Å². The smallest absolute Gasteiger partial charge is 0.296 e. The van der Waals surface area contributed by atoms with E-state index in [4.69, 9.17) is 16.2 Å². The van der Waals surface area contributed by atoms with Crippen LogP contribution in [0.1, 0.15) is 5.56 Å². The van der Waals surface area contributed by atoms with Crippen molar-refractivity contribution in [1.82, 2.24) is 0 Å². The molecular weight excluding hydrogens is 226 g/mol. The summed E-state index contributed by atoms with van der Waals surface area (Å²) in [6, 6.07) is 2.68. The summed E-state index contributed by atoms with van der Waals surface area (Å²) in [6.07, 6.45) is 2.36. The normalized spacial score (nSPS) is 10.4. The van der Waals surface area contributed by atoms with E-state index < -0.39 is 10.8 Å². The molecule has 0 spiro atoms. The summed E-state index contributed by atoms with van der Waals surface area (Å²) in [5, 5.41) is 10.7. The van der Waals surface area contributed by atoms with Crippen LogP contribution in [0.2, 0.25) is 0 Å². The molecule has 90 valence electrons. The number of nitro groups is 1. The Morgan fingerprint density at radius 3 is 2.65 bits per heavy atom. The second-order valence-electron chi connectivity index (χ2n) is 3.14. The van der Waals surface area contributed by atoms with Crippen LogP contribution in [0.25, 0.3) is 6.08 Å². The number of carbonyl (C=O) groups is 1. The van der Waals surface area contributed by atoms with Crippen molar-refractivity contribution in [3.05, 3.63) is 33.9 Å². The molecule has 1 amide bonds. The number of nitrogens with zero attached hydrogens (tertiary/aromatic N) is 1. The third kappa shape index (κ3) is 2.94. The zero-order valence-corrected chi connectivity index (χ0v) is 9.04. The lowest BCUT2D eigenvalue weighted by atomic mass is 10.1. The van der Waals surface area contributed by atoms with E-state index in [9.17, 15) is 14.9 Å². The molecule has 4 N–H and O–H groups in total. The van der Waals surface area contributed by atoms with Crippen LogP contribution >= 0.6 is 0 Å². The van der Waals surface area contributed by atoms with E-state index in [-0.39, 0.29) is 17.1 Å². The number of hydrogen-bond donors (Lipinski definition) is 2. The largest absolute Gasteiger partial charge is 0.496 e. The van der Waals surface area contributed by atoms with Gasteiger partial charge in [0, 0.05) is 11.6 Å². The molecule has 7 nitrogen and oxygen atoms in total. The van der Waals surface area contributed by atoms with Gasteiger partial charge in [0.15, 0.2) is 0 Å². The second kappa shape index (κ2) is 4.97. The molecule has 0 radical (unpaired) electrons. The Bertz CT molecular complexity index is 497. The van der Waals surface area contributed by atoms with E-state index in [1.165, 1.54) is 25.3 Å². The first-order chi connectivity index (χ1) is 7.95. The highest BCUT2D eigenvalue weighted by atomic mass is 16.6. The summed E-state index contributed by atoms with van der Waals surface area (Å²) in [7, 11) is 1.37. The number of primary amides is 1. The van der Waals surface area contributed by atoms with Crippen LogP contribution in [0.4, 0.5) is 11.4 Å². The molecule has 0 aliphatic heterocycles. The predicted octanol–water partition coefficient (Wildman–Crippen LogP) is 0.684. The molecule has 0 aliphatic carbocycles. The van der Waals surface area contributed by atoms with E-state index in [1.807, 2.05) is 0 Å². The summed E-state index contributed by atoms with van der Waals surface area (Å²) >= 11 is 0. The quantitative estimate of drug-likeness (QED) is 0.345. The van der Waals surface area contributed by atoms with Crippen molar-refractivity contribution in [3.8, 4) is 5.75 Å². The van der Waals surface area contributed by atoms with Gasteiger partial charge < -0.3 is 16.2 Å². The Balaban J connectivity index is 3.33. The summed E-state index contributed by atoms with van der Waals surface area (Å²) in [5.41, 5.74) is 10.5. The minimum absolute atomic E-state index is 0.0479. The minimum Gasteiger partial charge on any atom is -0.496 e. The topological polar surface area (TPSA) is 121 Å². The lowest BCUT2D eigenvalue weighted by molar-refractivity contribution is -0.384. The Labute approximate surface area is 96.8 Å². The maximum Gasteiger partial charge on any atom is 0.296 e. The highest BCUT2D eigenvalue weighted by Gasteiger charge is 2.16. The molecule has 0 saturated carbocycles. The monoisotopic (exact) mass is 237 g/mol. The van der Waals surface area contributed by atoms with Crippen LogP contribution in [0.3, 0.4) is 0 Å². The summed E-state index contributed by atoms with van der Waals surface area (Å²) < 4.78 is 4.90. The van der Waals surface area contributed by atoms with Crippen molar-refractivity contribution in [2.45, 2.75) is 0 Å². The fraction of sp³-hybridized carbons (Fsp3) is 0.100. The van der Waals surface area contributed by atoms with Crippen molar-refractivity contribution < 1.29 is 14.5 Å². The number of nitrogen functional groups attached to an aromatic ring is 1. The molecule has 7 heteroatoms. The van der Waals surface area contributed by atoms with Crippen molar-refractivity contribution in [3.63, 3.8) is 0 Å². The number of methoxy groups -OCH3 is 1. The molecule has 0 fully saturated rings. The zero-order valence-electron chi connectivity index (χ0n) is 9.04. The molecule has 0 atom stereocenters. The van der Waals surface area contributed by atoms with Gasteiger partial charge in [-0.1, -0.05) is 0 Å². The number of benzene rings is 1. The van der Waals surface area contributed by atoms with E-state index in [0.717, 1.165) is 6.08 Å². The van der Waals surface area contributed by atoms with E-state index in [2.05, 4.69) is 0 Å². The standard InChI is InChI=1S/C10H11N3O4/c1-17-7-4-6(2-3-9(11)14)10(12)8(5-7)13(15)16/h2-5H,12H2,1H3,(H2,11,14). The summed E-state index contributed by atoms with van der Waals surface area (Å²) in [4.78, 5) is 20.7. The Hall–Kier alpha value is -2.57. The van der Waals surface area contributed by atoms with Crippen molar-refractivity contribution in [1.29, 1.82) is 0 Å². The second-order valence-corrected chi connectivity index (χ2v) is 3.14. The maximum absolute atomic E-state index is 10.7. The number of rotatable bonds is 4. The van der Waals surface area contributed by atoms with Gasteiger partial charge in [-0.15, -0.1) is 0 Å². The van der Waals surface area contributed by atoms with Gasteiger partial charge in [0.2, 0.25) is 5.91 Å². The van der Waals surface area contributed by atoms with Gasteiger partial charge in [0.25, 0.3) is 5.69 Å². The number of amides is 1. The Morgan fingerprint density at radius 1 is 1.53 bits per heavy atom. The fourth-order valence-corrected chi connectivity index (χ4v) is 1.21. The number of ether oxygens (including phenoxy) is 1. The van der Waals surface area contributed by atoms with Gasteiger partial charge in [0.1, 0.15) is 11.4 Å². The van der Waals surface area contributed by atoms with Crippen LogP contribution in [0, 0.1) is 10.1 Å². The molecule has 0 aromatic heterocycles. The van der Waals surface area contributed by atoms with E-state index in [0.29, 0.717) is 5.56 Å². The first-order valence-electron chi connectivity index (χ1n) is 4.55. The number of hydrogen-bond acceptors (Lipinski definition) is 5. The SMILES string of the molecule is COc1cc(C=CC(N)=O)c(N)c([N+](=O)[O-])c1. The number of nitro benzene ring substituents is 1. The number of carbonyl (C=O) groups excluding carboxylic acids is 1. The average Bonchev–Trinajstić information content (AvgIpc) is 2.27. The molecule has 0 bridgehead atoms. The molecule has 1 aromatic carbocycles. The average molecular weight is 237 g/mol. The van der Waals surface area contributed by atoms with Gasteiger partial charge in [0.05, 0.1) is 18.1 Å². The molecular formula is C10H11N3O4. The van der Waals surface area contributed by atoms with Crippen LogP contribution in [0.15, 0.2) is 18.2 Å². The number of nitrogens with two attached hydrogens (primary N) is 2. The lowest BCUT2D eigenvalue weighted by Gasteiger charge is -2.05. The van der Waals surface area contributed by atoms with Crippen LogP contribution in [-0.4, -0.2) is 17.9 Å². The molecule has 1 aromatic rings. The zero-order chi connectivity index (χ0) is 13.0. The number of anilines is 1. The van der Waals surface area contributed by atoms with Gasteiger partial charge >= 0.3 is 0 Å². The molecule has 17 heavy (non-hydrogen) atoms. The van der Waals surface area contributed by atoms with Gasteiger partial charge in [-0.2, -0.15) is 0 Å².